The molecule has 2 N–H and O–H groups in total. The SMILES string of the molecule is Cc1cc(Cl)c(C(C)C)cc1OC(CN)c1ccncc1. The van der Waals surface area contributed by atoms with E-state index in [0.29, 0.717) is 12.5 Å². The van der Waals surface area contributed by atoms with Gasteiger partial charge in [0, 0.05) is 24.0 Å². The van der Waals surface area contributed by atoms with Crippen molar-refractivity contribution in [2.24, 2.45) is 5.73 Å². The highest BCUT2D eigenvalue weighted by Crippen LogP contribution is 2.33. The van der Waals surface area contributed by atoms with Crippen LogP contribution in [0.4, 0.5) is 0 Å². The van der Waals surface area contributed by atoms with Gasteiger partial charge in [-0.05, 0) is 53.8 Å². The largest absolute Gasteiger partial charge is 0.484 e. The molecule has 0 fully saturated rings. The van der Waals surface area contributed by atoms with Gasteiger partial charge in [-0.3, -0.25) is 4.98 Å². The van der Waals surface area contributed by atoms with Gasteiger partial charge in [0.25, 0.3) is 0 Å². The van der Waals surface area contributed by atoms with Gasteiger partial charge in [0.1, 0.15) is 11.9 Å². The number of nitrogens with zero attached hydrogens (tertiary/aromatic N) is 1. The summed E-state index contributed by atoms with van der Waals surface area (Å²) in [5.41, 5.74) is 8.98. The fraction of sp³-hybridized carbons (Fsp3) is 0.353. The summed E-state index contributed by atoms with van der Waals surface area (Å²) in [6.07, 6.45) is 3.30. The molecule has 1 aromatic heterocycles. The van der Waals surface area contributed by atoms with Gasteiger partial charge in [0.05, 0.1) is 0 Å². The van der Waals surface area contributed by atoms with E-state index in [-0.39, 0.29) is 6.10 Å². The zero-order chi connectivity index (χ0) is 15.4. The fourth-order valence-corrected chi connectivity index (χ4v) is 2.66. The molecule has 112 valence electrons. The van der Waals surface area contributed by atoms with Gasteiger partial charge in [-0.15, -0.1) is 0 Å². The standard InChI is InChI=1S/C17H21ClN2O/c1-11(2)14-9-16(12(3)8-15(14)18)21-17(10-19)13-4-6-20-7-5-13/h4-9,11,17H,10,19H2,1-3H3. The number of aromatic nitrogens is 1. The van der Waals surface area contributed by atoms with Gasteiger partial charge in [0.2, 0.25) is 0 Å². The molecule has 0 radical (unpaired) electrons. The van der Waals surface area contributed by atoms with Gasteiger partial charge in [-0.25, -0.2) is 0 Å². The van der Waals surface area contributed by atoms with Crippen molar-refractivity contribution >= 4 is 11.6 Å². The maximum atomic E-state index is 6.30. The predicted molar refractivity (Wildman–Crippen MR) is 86.9 cm³/mol. The molecule has 0 bridgehead atoms. The van der Waals surface area contributed by atoms with Crippen LogP contribution >= 0.6 is 11.6 Å². The van der Waals surface area contributed by atoms with Gasteiger partial charge < -0.3 is 10.5 Å². The maximum absolute atomic E-state index is 6.30. The Labute approximate surface area is 131 Å². The van der Waals surface area contributed by atoms with E-state index in [1.165, 1.54) is 0 Å². The Morgan fingerprint density at radius 3 is 2.48 bits per heavy atom. The van der Waals surface area contributed by atoms with Crippen LogP contribution in [0.2, 0.25) is 5.02 Å². The van der Waals surface area contributed by atoms with Crippen molar-refractivity contribution in [2.75, 3.05) is 6.54 Å². The lowest BCUT2D eigenvalue weighted by Gasteiger charge is -2.21. The monoisotopic (exact) mass is 304 g/mol. The second-order valence-corrected chi connectivity index (χ2v) is 5.82. The van der Waals surface area contributed by atoms with E-state index in [4.69, 9.17) is 22.1 Å². The molecule has 1 atom stereocenters. The van der Waals surface area contributed by atoms with Crippen LogP contribution in [0.5, 0.6) is 5.75 Å². The smallest absolute Gasteiger partial charge is 0.136 e. The minimum absolute atomic E-state index is 0.187. The van der Waals surface area contributed by atoms with Crippen molar-refractivity contribution in [3.05, 3.63) is 58.4 Å². The molecule has 4 heteroatoms. The third-order valence-corrected chi connectivity index (χ3v) is 3.80. The summed E-state index contributed by atoms with van der Waals surface area (Å²) in [6.45, 7) is 6.63. The molecule has 2 aromatic rings. The Morgan fingerprint density at radius 1 is 1.24 bits per heavy atom. The number of halogens is 1. The summed E-state index contributed by atoms with van der Waals surface area (Å²) >= 11 is 6.30. The van der Waals surface area contributed by atoms with Crippen LogP contribution in [0.15, 0.2) is 36.7 Å². The average molecular weight is 305 g/mol. The van der Waals surface area contributed by atoms with E-state index < -0.39 is 0 Å². The van der Waals surface area contributed by atoms with E-state index in [0.717, 1.165) is 27.5 Å². The maximum Gasteiger partial charge on any atom is 0.136 e. The van der Waals surface area contributed by atoms with E-state index in [1.807, 2.05) is 31.2 Å². The molecule has 0 spiro atoms. The zero-order valence-electron chi connectivity index (χ0n) is 12.6. The van der Waals surface area contributed by atoms with Crippen molar-refractivity contribution in [3.8, 4) is 5.75 Å². The van der Waals surface area contributed by atoms with E-state index in [2.05, 4.69) is 18.8 Å². The van der Waals surface area contributed by atoms with Crippen molar-refractivity contribution in [3.63, 3.8) is 0 Å². The first kappa shape index (κ1) is 15.8. The quantitative estimate of drug-likeness (QED) is 0.898. The molecule has 0 amide bonds. The molecule has 1 aromatic carbocycles. The van der Waals surface area contributed by atoms with Gasteiger partial charge in [0.15, 0.2) is 0 Å². The van der Waals surface area contributed by atoms with Crippen LogP contribution in [-0.4, -0.2) is 11.5 Å². The summed E-state index contributed by atoms with van der Waals surface area (Å²) in [5, 5.41) is 0.781. The topological polar surface area (TPSA) is 48.1 Å². The lowest BCUT2D eigenvalue weighted by Crippen LogP contribution is -2.19. The number of hydrogen-bond donors (Lipinski definition) is 1. The highest BCUT2D eigenvalue weighted by molar-refractivity contribution is 6.31. The van der Waals surface area contributed by atoms with Crippen molar-refractivity contribution in [2.45, 2.75) is 32.8 Å². The fourth-order valence-electron chi connectivity index (χ4n) is 2.22. The first-order valence-electron chi connectivity index (χ1n) is 7.09. The number of aryl methyl sites for hydroxylation is 1. The van der Waals surface area contributed by atoms with Crippen LogP contribution < -0.4 is 10.5 Å². The number of hydrogen-bond acceptors (Lipinski definition) is 3. The molecule has 0 saturated heterocycles. The van der Waals surface area contributed by atoms with Crippen LogP contribution in [0.25, 0.3) is 0 Å². The Hall–Kier alpha value is -1.58. The Balaban J connectivity index is 2.31. The summed E-state index contributed by atoms with van der Waals surface area (Å²) in [5.74, 6) is 1.17. The zero-order valence-corrected chi connectivity index (χ0v) is 13.4. The molecular formula is C17H21ClN2O. The number of rotatable bonds is 5. The highest BCUT2D eigenvalue weighted by Gasteiger charge is 2.15. The molecule has 1 unspecified atom stereocenters. The Morgan fingerprint density at radius 2 is 1.90 bits per heavy atom. The summed E-state index contributed by atoms with van der Waals surface area (Å²) in [6, 6.07) is 7.82. The number of nitrogens with two attached hydrogens (primary N) is 1. The lowest BCUT2D eigenvalue weighted by molar-refractivity contribution is 0.212. The average Bonchev–Trinajstić information content (AvgIpc) is 2.47. The van der Waals surface area contributed by atoms with E-state index in [1.54, 1.807) is 12.4 Å². The first-order valence-corrected chi connectivity index (χ1v) is 7.47. The number of ether oxygens (including phenoxy) is 1. The molecule has 1 heterocycles. The predicted octanol–water partition coefficient (Wildman–Crippen LogP) is 4.25. The second kappa shape index (κ2) is 6.92. The van der Waals surface area contributed by atoms with Crippen molar-refractivity contribution < 1.29 is 4.74 Å². The lowest BCUT2D eigenvalue weighted by atomic mass is 10.0. The van der Waals surface area contributed by atoms with E-state index in [9.17, 15) is 0 Å². The number of benzene rings is 1. The molecule has 0 saturated carbocycles. The minimum Gasteiger partial charge on any atom is -0.484 e. The third kappa shape index (κ3) is 3.74. The Bertz CT molecular complexity index is 599. The van der Waals surface area contributed by atoms with Crippen LogP contribution in [-0.2, 0) is 0 Å². The molecular weight excluding hydrogens is 284 g/mol. The Kier molecular flexibility index (Phi) is 5.21. The van der Waals surface area contributed by atoms with Gasteiger partial charge in [-0.2, -0.15) is 0 Å². The highest BCUT2D eigenvalue weighted by atomic mass is 35.5. The van der Waals surface area contributed by atoms with Crippen LogP contribution in [0.1, 0.15) is 42.6 Å². The molecule has 0 aliphatic carbocycles. The molecule has 2 rings (SSSR count). The van der Waals surface area contributed by atoms with Crippen LogP contribution in [0.3, 0.4) is 0 Å². The van der Waals surface area contributed by atoms with Gasteiger partial charge in [-0.1, -0.05) is 25.4 Å². The van der Waals surface area contributed by atoms with Crippen LogP contribution in [0, 0.1) is 6.92 Å². The van der Waals surface area contributed by atoms with Gasteiger partial charge >= 0.3 is 0 Å². The third-order valence-electron chi connectivity index (χ3n) is 3.48. The second-order valence-electron chi connectivity index (χ2n) is 5.42. The molecule has 21 heavy (non-hydrogen) atoms. The van der Waals surface area contributed by atoms with E-state index >= 15 is 0 Å². The minimum atomic E-state index is -0.187. The normalized spacial score (nSPS) is 12.5. The van der Waals surface area contributed by atoms with Crippen molar-refractivity contribution in [1.29, 1.82) is 0 Å². The molecule has 3 nitrogen and oxygen atoms in total. The first-order chi connectivity index (χ1) is 10.0. The summed E-state index contributed by atoms with van der Waals surface area (Å²) in [7, 11) is 0. The number of pyridine rings is 1. The van der Waals surface area contributed by atoms with Crippen molar-refractivity contribution in [1.82, 2.24) is 4.98 Å². The summed E-state index contributed by atoms with van der Waals surface area (Å²) in [4.78, 5) is 4.02. The molecule has 0 aliphatic rings. The molecule has 0 aliphatic heterocycles. The summed E-state index contributed by atoms with van der Waals surface area (Å²) < 4.78 is 6.11.